The van der Waals surface area contributed by atoms with E-state index < -0.39 is 0 Å². The Labute approximate surface area is 134 Å². The third-order valence-corrected chi connectivity index (χ3v) is 3.44. The zero-order valence-electron chi connectivity index (χ0n) is 15.1. The molecular weight excluding hydrogens is 252 g/mol. The Morgan fingerprint density at radius 2 is 1.14 bits per heavy atom. The molecule has 0 aromatic rings. The van der Waals surface area contributed by atoms with Crippen molar-refractivity contribution in [2.75, 3.05) is 0 Å². The summed E-state index contributed by atoms with van der Waals surface area (Å²) in [5.41, 5.74) is 3.08. The summed E-state index contributed by atoms with van der Waals surface area (Å²) in [5.74, 6) is 0. The van der Waals surface area contributed by atoms with Crippen LogP contribution in [0.2, 0.25) is 0 Å². The maximum Gasteiger partial charge on any atom is -0.0317 e. The lowest BCUT2D eigenvalue weighted by molar-refractivity contribution is 0.713. The number of allylic oxidation sites excluding steroid dienone is 6. The van der Waals surface area contributed by atoms with Crippen LogP contribution < -0.4 is 0 Å². The summed E-state index contributed by atoms with van der Waals surface area (Å²) in [6.07, 6.45) is 19.5. The first-order valence-electron chi connectivity index (χ1n) is 8.80. The van der Waals surface area contributed by atoms with Gasteiger partial charge >= 0.3 is 0 Å². The molecule has 122 valence electrons. The fourth-order valence-electron chi connectivity index (χ4n) is 2.13. The predicted octanol–water partition coefficient (Wildman–Crippen LogP) is 7.79. The summed E-state index contributed by atoms with van der Waals surface area (Å²) in [6, 6.07) is 0. The molecule has 0 saturated carbocycles. The Kier molecular flexibility index (Phi) is 20.1. The van der Waals surface area contributed by atoms with Crippen LogP contribution in [0.1, 0.15) is 85.5 Å². The van der Waals surface area contributed by atoms with Crippen molar-refractivity contribution in [1.29, 1.82) is 0 Å². The minimum absolute atomic E-state index is 1.17. The standard InChI is InChI=1S/C12H22.C9H16/c1-4-7-10-12(9-6-3)11-8-5-2;1-4-7-9(6-3)8-5-2/h6,9H,3-5,7-8,10-11H2,1-2H3;4,7H,1,5-6,8H2,2-3H3/b;9-7+. The van der Waals surface area contributed by atoms with Crippen LogP contribution in [-0.2, 0) is 0 Å². The minimum Gasteiger partial charge on any atom is -0.0991 e. The second-order valence-corrected chi connectivity index (χ2v) is 5.43. The second-order valence-electron chi connectivity index (χ2n) is 5.43. The van der Waals surface area contributed by atoms with Crippen LogP contribution in [-0.4, -0.2) is 0 Å². The van der Waals surface area contributed by atoms with Crippen molar-refractivity contribution in [3.63, 3.8) is 0 Å². The summed E-state index contributed by atoms with van der Waals surface area (Å²) in [5, 5.41) is 0. The van der Waals surface area contributed by atoms with Crippen LogP contribution in [0.5, 0.6) is 0 Å². The summed E-state index contributed by atoms with van der Waals surface area (Å²) in [4.78, 5) is 0. The molecule has 0 nitrogen and oxygen atoms in total. The molecule has 0 spiro atoms. The molecule has 0 saturated heterocycles. The zero-order valence-corrected chi connectivity index (χ0v) is 15.1. The normalized spacial score (nSPS) is 10.4. The van der Waals surface area contributed by atoms with Gasteiger partial charge in [-0.3, -0.25) is 0 Å². The van der Waals surface area contributed by atoms with E-state index >= 15 is 0 Å². The first-order valence-corrected chi connectivity index (χ1v) is 8.80. The monoisotopic (exact) mass is 290 g/mol. The number of unbranched alkanes of at least 4 members (excludes halogenated alkanes) is 2. The van der Waals surface area contributed by atoms with E-state index in [0.717, 1.165) is 0 Å². The Bertz CT molecular complexity index is 281. The highest BCUT2D eigenvalue weighted by Gasteiger charge is 1.94. The average molecular weight is 291 g/mol. The van der Waals surface area contributed by atoms with Gasteiger partial charge in [-0.15, -0.1) is 0 Å². The number of hydrogen-bond acceptors (Lipinski definition) is 0. The highest BCUT2D eigenvalue weighted by molar-refractivity contribution is 5.10. The SMILES string of the molecule is C=C/C=C(\CC)CCC.C=CC=C(CCCC)CCCC. The molecule has 0 rings (SSSR count). The highest BCUT2D eigenvalue weighted by Crippen LogP contribution is 2.14. The molecule has 0 N–H and O–H groups in total. The molecule has 0 aliphatic carbocycles. The number of hydrogen-bond donors (Lipinski definition) is 0. The van der Waals surface area contributed by atoms with Crippen LogP contribution in [0.4, 0.5) is 0 Å². The topological polar surface area (TPSA) is 0 Å². The molecule has 0 heteroatoms. The molecular formula is C21H38. The van der Waals surface area contributed by atoms with Gasteiger partial charge in [-0.05, 0) is 38.5 Å². The molecule has 0 fully saturated rings. The summed E-state index contributed by atoms with van der Waals surface area (Å²) >= 11 is 0. The van der Waals surface area contributed by atoms with Gasteiger partial charge < -0.3 is 0 Å². The maximum absolute atomic E-state index is 3.74. The van der Waals surface area contributed by atoms with Crippen molar-refractivity contribution >= 4 is 0 Å². The average Bonchev–Trinajstić information content (AvgIpc) is 2.50. The number of rotatable bonds is 11. The van der Waals surface area contributed by atoms with Crippen LogP contribution in [0.25, 0.3) is 0 Å². The van der Waals surface area contributed by atoms with Gasteiger partial charge in [-0.25, -0.2) is 0 Å². The van der Waals surface area contributed by atoms with Gasteiger partial charge in [0.15, 0.2) is 0 Å². The smallest absolute Gasteiger partial charge is 0.0317 e. The van der Waals surface area contributed by atoms with E-state index in [4.69, 9.17) is 0 Å². The quantitative estimate of drug-likeness (QED) is 0.341. The molecule has 0 aromatic carbocycles. The Morgan fingerprint density at radius 3 is 1.48 bits per heavy atom. The summed E-state index contributed by atoms with van der Waals surface area (Å²) < 4.78 is 0. The highest BCUT2D eigenvalue weighted by atomic mass is 14.0. The van der Waals surface area contributed by atoms with E-state index in [0.29, 0.717) is 0 Å². The second kappa shape index (κ2) is 19.0. The fourth-order valence-corrected chi connectivity index (χ4v) is 2.13. The van der Waals surface area contributed by atoms with Crippen LogP contribution in [0.3, 0.4) is 0 Å². The third-order valence-electron chi connectivity index (χ3n) is 3.44. The maximum atomic E-state index is 3.74. The van der Waals surface area contributed by atoms with Gasteiger partial charge in [0.25, 0.3) is 0 Å². The van der Waals surface area contributed by atoms with Gasteiger partial charge in [-0.1, -0.05) is 95.6 Å². The first kappa shape index (κ1) is 22.2. The summed E-state index contributed by atoms with van der Waals surface area (Å²) in [7, 11) is 0. The summed E-state index contributed by atoms with van der Waals surface area (Å²) in [6.45, 7) is 16.3. The van der Waals surface area contributed by atoms with E-state index in [1.54, 1.807) is 5.57 Å². The predicted molar refractivity (Wildman–Crippen MR) is 101 cm³/mol. The van der Waals surface area contributed by atoms with Crippen LogP contribution in [0.15, 0.2) is 48.6 Å². The van der Waals surface area contributed by atoms with Gasteiger partial charge in [0.2, 0.25) is 0 Å². The Morgan fingerprint density at radius 1 is 0.667 bits per heavy atom. The molecule has 0 aliphatic rings. The molecule has 0 heterocycles. The third kappa shape index (κ3) is 16.9. The Hall–Kier alpha value is -1.04. The molecule has 0 atom stereocenters. The van der Waals surface area contributed by atoms with Gasteiger partial charge in [0.1, 0.15) is 0 Å². The van der Waals surface area contributed by atoms with Crippen molar-refractivity contribution in [2.45, 2.75) is 85.5 Å². The van der Waals surface area contributed by atoms with E-state index in [1.165, 1.54) is 63.4 Å². The van der Waals surface area contributed by atoms with Gasteiger partial charge in [0, 0.05) is 0 Å². The van der Waals surface area contributed by atoms with Crippen molar-refractivity contribution in [2.24, 2.45) is 0 Å². The molecule has 0 aromatic heterocycles. The molecule has 0 radical (unpaired) electrons. The van der Waals surface area contributed by atoms with Crippen molar-refractivity contribution in [3.8, 4) is 0 Å². The Balaban J connectivity index is 0. The molecule has 21 heavy (non-hydrogen) atoms. The first-order chi connectivity index (χ1) is 10.2. The lowest BCUT2D eigenvalue weighted by Crippen LogP contribution is -1.84. The molecule has 0 aliphatic heterocycles. The lowest BCUT2D eigenvalue weighted by Gasteiger charge is -2.04. The fraction of sp³-hybridized carbons (Fsp3) is 0.619. The lowest BCUT2D eigenvalue weighted by atomic mass is 10.0. The van der Waals surface area contributed by atoms with Gasteiger partial charge in [-0.2, -0.15) is 0 Å². The van der Waals surface area contributed by atoms with Crippen LogP contribution in [0, 0.1) is 0 Å². The van der Waals surface area contributed by atoms with E-state index in [1.807, 2.05) is 12.2 Å². The van der Waals surface area contributed by atoms with Crippen molar-refractivity contribution in [3.05, 3.63) is 48.6 Å². The van der Waals surface area contributed by atoms with E-state index in [2.05, 4.69) is 53.0 Å². The largest absolute Gasteiger partial charge is 0.0991 e. The van der Waals surface area contributed by atoms with E-state index in [-0.39, 0.29) is 0 Å². The molecule has 0 bridgehead atoms. The van der Waals surface area contributed by atoms with Gasteiger partial charge in [0.05, 0.1) is 0 Å². The molecule has 0 amide bonds. The van der Waals surface area contributed by atoms with Crippen molar-refractivity contribution < 1.29 is 0 Å². The minimum atomic E-state index is 1.17. The van der Waals surface area contributed by atoms with Crippen molar-refractivity contribution in [1.82, 2.24) is 0 Å². The zero-order chi connectivity index (χ0) is 16.3. The van der Waals surface area contributed by atoms with E-state index in [9.17, 15) is 0 Å². The van der Waals surface area contributed by atoms with Crippen LogP contribution >= 0.6 is 0 Å². The molecule has 0 unspecified atom stereocenters.